The Morgan fingerprint density at radius 1 is 1.79 bits per heavy atom. The van der Waals surface area contributed by atoms with Gasteiger partial charge in [0.25, 0.3) is 0 Å². The summed E-state index contributed by atoms with van der Waals surface area (Å²) < 4.78 is 0. The quantitative estimate of drug-likeness (QED) is 0.555. The first-order valence-electron chi connectivity index (χ1n) is 4.84. The molecular weight excluding hydrogens is 180 g/mol. The predicted molar refractivity (Wildman–Crippen MR) is 52.9 cm³/mol. The SMILES string of the molecule is CC1=CCC[C@](C)(C=O)[C@@H]1CC(=O)O. The highest BCUT2D eigenvalue weighted by atomic mass is 16.4. The van der Waals surface area contributed by atoms with E-state index in [1.54, 1.807) is 0 Å². The van der Waals surface area contributed by atoms with E-state index in [0.29, 0.717) is 0 Å². The minimum atomic E-state index is -0.835. The molecule has 3 nitrogen and oxygen atoms in total. The second kappa shape index (κ2) is 3.95. The van der Waals surface area contributed by atoms with Crippen LogP contribution >= 0.6 is 0 Å². The third kappa shape index (κ3) is 2.03. The molecule has 1 aliphatic carbocycles. The first kappa shape index (κ1) is 11.0. The molecule has 0 bridgehead atoms. The maximum absolute atomic E-state index is 11.0. The molecule has 0 aromatic carbocycles. The van der Waals surface area contributed by atoms with Crippen molar-refractivity contribution >= 4 is 12.3 Å². The van der Waals surface area contributed by atoms with E-state index in [1.165, 1.54) is 0 Å². The van der Waals surface area contributed by atoms with Gasteiger partial charge in [-0.3, -0.25) is 4.79 Å². The molecule has 78 valence electrons. The van der Waals surface area contributed by atoms with E-state index in [1.807, 2.05) is 19.9 Å². The van der Waals surface area contributed by atoms with Crippen LogP contribution in [0.1, 0.15) is 33.1 Å². The summed E-state index contributed by atoms with van der Waals surface area (Å²) in [5, 5.41) is 8.77. The molecule has 1 aliphatic rings. The van der Waals surface area contributed by atoms with E-state index < -0.39 is 11.4 Å². The number of hydrogen-bond donors (Lipinski definition) is 1. The molecule has 0 aliphatic heterocycles. The Bertz CT molecular complexity index is 280. The predicted octanol–water partition coefficient (Wildman–Crippen LogP) is 2.02. The second-order valence-electron chi connectivity index (χ2n) is 4.26. The van der Waals surface area contributed by atoms with Crippen molar-refractivity contribution in [2.45, 2.75) is 33.1 Å². The molecule has 0 saturated heterocycles. The van der Waals surface area contributed by atoms with Gasteiger partial charge in [0.2, 0.25) is 0 Å². The fourth-order valence-electron chi connectivity index (χ4n) is 2.16. The smallest absolute Gasteiger partial charge is 0.303 e. The summed E-state index contributed by atoms with van der Waals surface area (Å²) in [5.74, 6) is -0.969. The van der Waals surface area contributed by atoms with Gasteiger partial charge in [-0.2, -0.15) is 0 Å². The zero-order valence-electron chi connectivity index (χ0n) is 8.62. The van der Waals surface area contributed by atoms with Crippen LogP contribution in [0.2, 0.25) is 0 Å². The highest BCUT2D eigenvalue weighted by Crippen LogP contribution is 2.41. The van der Waals surface area contributed by atoms with Crippen LogP contribution in [0.25, 0.3) is 0 Å². The highest BCUT2D eigenvalue weighted by Gasteiger charge is 2.37. The molecule has 0 aromatic rings. The first-order valence-corrected chi connectivity index (χ1v) is 4.84. The van der Waals surface area contributed by atoms with Crippen molar-refractivity contribution in [2.75, 3.05) is 0 Å². The average Bonchev–Trinajstić information content (AvgIpc) is 2.12. The van der Waals surface area contributed by atoms with E-state index in [4.69, 9.17) is 5.11 Å². The van der Waals surface area contributed by atoms with E-state index in [-0.39, 0.29) is 12.3 Å². The molecule has 14 heavy (non-hydrogen) atoms. The van der Waals surface area contributed by atoms with Crippen LogP contribution in [0.4, 0.5) is 0 Å². The summed E-state index contributed by atoms with van der Waals surface area (Å²) in [6.45, 7) is 3.76. The number of carbonyl (C=O) groups excluding carboxylic acids is 1. The van der Waals surface area contributed by atoms with Crippen molar-refractivity contribution in [1.82, 2.24) is 0 Å². The van der Waals surface area contributed by atoms with Crippen LogP contribution < -0.4 is 0 Å². The van der Waals surface area contributed by atoms with Gasteiger partial charge in [-0.1, -0.05) is 18.6 Å². The number of rotatable bonds is 3. The summed E-state index contributed by atoms with van der Waals surface area (Å²) in [6, 6.07) is 0. The zero-order chi connectivity index (χ0) is 10.8. The number of carboxylic acids is 1. The van der Waals surface area contributed by atoms with Crippen molar-refractivity contribution in [3.05, 3.63) is 11.6 Å². The lowest BCUT2D eigenvalue weighted by molar-refractivity contribution is -0.139. The molecule has 3 heteroatoms. The van der Waals surface area contributed by atoms with Crippen molar-refractivity contribution in [3.8, 4) is 0 Å². The number of aliphatic carboxylic acids is 1. The first-order chi connectivity index (χ1) is 6.49. The van der Waals surface area contributed by atoms with Gasteiger partial charge in [0.15, 0.2) is 0 Å². The number of allylic oxidation sites excluding steroid dienone is 2. The van der Waals surface area contributed by atoms with E-state index in [0.717, 1.165) is 24.7 Å². The van der Waals surface area contributed by atoms with E-state index >= 15 is 0 Å². The van der Waals surface area contributed by atoms with Crippen molar-refractivity contribution < 1.29 is 14.7 Å². The monoisotopic (exact) mass is 196 g/mol. The Hall–Kier alpha value is -1.12. The molecule has 0 radical (unpaired) electrons. The highest BCUT2D eigenvalue weighted by molar-refractivity contribution is 5.70. The largest absolute Gasteiger partial charge is 0.481 e. The Labute approximate surface area is 83.8 Å². The number of carboxylic acid groups (broad SMARTS) is 1. The molecule has 2 atom stereocenters. The van der Waals surface area contributed by atoms with E-state index in [2.05, 4.69) is 0 Å². The van der Waals surface area contributed by atoms with Gasteiger partial charge in [-0.25, -0.2) is 0 Å². The fourth-order valence-corrected chi connectivity index (χ4v) is 2.16. The van der Waals surface area contributed by atoms with Gasteiger partial charge in [-0.15, -0.1) is 0 Å². The van der Waals surface area contributed by atoms with Crippen molar-refractivity contribution in [1.29, 1.82) is 0 Å². The average molecular weight is 196 g/mol. The van der Waals surface area contributed by atoms with Crippen LogP contribution in [-0.2, 0) is 9.59 Å². The minimum Gasteiger partial charge on any atom is -0.481 e. The van der Waals surface area contributed by atoms with Crippen LogP contribution in [0.15, 0.2) is 11.6 Å². The Balaban J connectivity index is 2.92. The molecule has 0 spiro atoms. The van der Waals surface area contributed by atoms with Crippen LogP contribution in [0.5, 0.6) is 0 Å². The Morgan fingerprint density at radius 3 is 2.93 bits per heavy atom. The molecule has 0 heterocycles. The third-order valence-corrected chi connectivity index (χ3v) is 3.14. The van der Waals surface area contributed by atoms with Gasteiger partial charge in [0.1, 0.15) is 6.29 Å². The van der Waals surface area contributed by atoms with Crippen LogP contribution in [0.3, 0.4) is 0 Å². The van der Waals surface area contributed by atoms with Gasteiger partial charge >= 0.3 is 5.97 Å². The van der Waals surface area contributed by atoms with Crippen LogP contribution in [-0.4, -0.2) is 17.4 Å². The third-order valence-electron chi connectivity index (χ3n) is 3.14. The Morgan fingerprint density at radius 2 is 2.43 bits per heavy atom. The molecular formula is C11H16O3. The molecule has 0 fully saturated rings. The number of hydrogen-bond acceptors (Lipinski definition) is 2. The Kier molecular flexibility index (Phi) is 3.09. The van der Waals surface area contributed by atoms with Gasteiger partial charge in [-0.05, 0) is 19.8 Å². The van der Waals surface area contributed by atoms with Crippen LogP contribution in [0, 0.1) is 11.3 Å². The normalized spacial score (nSPS) is 32.1. The second-order valence-corrected chi connectivity index (χ2v) is 4.26. The lowest BCUT2D eigenvalue weighted by Crippen LogP contribution is -2.34. The van der Waals surface area contributed by atoms with Gasteiger partial charge in [0, 0.05) is 11.3 Å². The summed E-state index contributed by atoms with van der Waals surface area (Å²) in [6.07, 6.45) is 4.64. The standard InChI is InChI=1S/C11H16O3/c1-8-4-3-5-11(2,7-12)9(8)6-10(13)14/h4,7,9H,3,5-6H2,1-2H3,(H,13,14)/t9-,11-/m1/s1. The van der Waals surface area contributed by atoms with Gasteiger partial charge in [0.05, 0.1) is 6.42 Å². The molecule has 0 amide bonds. The lowest BCUT2D eigenvalue weighted by atomic mass is 9.67. The molecule has 1 N–H and O–H groups in total. The topological polar surface area (TPSA) is 54.4 Å². The maximum atomic E-state index is 11.0. The summed E-state index contributed by atoms with van der Waals surface area (Å²) >= 11 is 0. The number of carbonyl (C=O) groups is 2. The van der Waals surface area contributed by atoms with E-state index in [9.17, 15) is 9.59 Å². The zero-order valence-corrected chi connectivity index (χ0v) is 8.62. The van der Waals surface area contributed by atoms with Gasteiger partial charge < -0.3 is 9.90 Å². The lowest BCUT2D eigenvalue weighted by Gasteiger charge is -2.36. The molecule has 0 unspecified atom stereocenters. The summed E-state index contributed by atoms with van der Waals surface area (Å²) in [7, 11) is 0. The number of aldehydes is 1. The summed E-state index contributed by atoms with van der Waals surface area (Å²) in [4.78, 5) is 21.7. The van der Waals surface area contributed by atoms with Crippen molar-refractivity contribution in [2.24, 2.45) is 11.3 Å². The molecule has 0 saturated carbocycles. The van der Waals surface area contributed by atoms with Crippen molar-refractivity contribution in [3.63, 3.8) is 0 Å². The maximum Gasteiger partial charge on any atom is 0.303 e. The fraction of sp³-hybridized carbons (Fsp3) is 0.636. The molecule has 1 rings (SSSR count). The minimum absolute atomic E-state index is 0.0531. The summed E-state index contributed by atoms with van der Waals surface area (Å²) in [5.41, 5.74) is 0.547. The molecule has 0 aromatic heterocycles.